The Morgan fingerprint density at radius 1 is 0.722 bits per heavy atom. The molecule has 0 spiro atoms. The SMILES string of the molecule is O=CC(N1C(=O)CC1SC(=O)c1ccccc1)=P(c1ccccc1)(c1ccccc1)c1ccccc1. The summed E-state index contributed by atoms with van der Waals surface area (Å²) in [6.45, 7) is -2.75. The van der Waals surface area contributed by atoms with Crippen LogP contribution in [0, 0.1) is 0 Å². The summed E-state index contributed by atoms with van der Waals surface area (Å²) in [6.07, 6.45) is 1.04. The largest absolute Gasteiger partial charge is 0.296 e. The second kappa shape index (κ2) is 10.5. The van der Waals surface area contributed by atoms with Crippen molar-refractivity contribution < 1.29 is 14.4 Å². The molecular weight excluding hydrogens is 485 g/mol. The van der Waals surface area contributed by atoms with E-state index in [1.165, 1.54) is 0 Å². The number of carbonyl (C=O) groups excluding carboxylic acids is 3. The summed E-state index contributed by atoms with van der Waals surface area (Å²) < 4.78 is 0. The molecule has 4 aromatic carbocycles. The topological polar surface area (TPSA) is 54.5 Å². The van der Waals surface area contributed by atoms with Gasteiger partial charge in [0.05, 0.1) is 17.2 Å². The lowest BCUT2D eigenvalue weighted by atomic mass is 10.2. The van der Waals surface area contributed by atoms with Crippen LogP contribution < -0.4 is 15.9 Å². The zero-order valence-corrected chi connectivity index (χ0v) is 21.1. The maximum Gasteiger partial charge on any atom is 0.231 e. The second-order valence-corrected chi connectivity index (χ2v) is 12.8. The molecule has 0 radical (unpaired) electrons. The molecule has 0 aliphatic carbocycles. The van der Waals surface area contributed by atoms with Gasteiger partial charge in [-0.3, -0.25) is 19.3 Å². The van der Waals surface area contributed by atoms with Crippen LogP contribution in [-0.2, 0) is 9.59 Å². The van der Waals surface area contributed by atoms with Gasteiger partial charge in [0.2, 0.25) is 11.0 Å². The number of hydrogen-bond acceptors (Lipinski definition) is 4. The highest BCUT2D eigenvalue weighted by Crippen LogP contribution is 2.48. The summed E-state index contributed by atoms with van der Waals surface area (Å²) in [7, 11) is 0. The molecule has 4 nitrogen and oxygen atoms in total. The molecule has 36 heavy (non-hydrogen) atoms. The van der Waals surface area contributed by atoms with Crippen LogP contribution in [0.25, 0.3) is 0 Å². The van der Waals surface area contributed by atoms with Crippen LogP contribution in [0.15, 0.2) is 121 Å². The molecular formula is C30H24NO3PS. The maximum absolute atomic E-state index is 13.1. The smallest absolute Gasteiger partial charge is 0.231 e. The van der Waals surface area contributed by atoms with Crippen molar-refractivity contribution in [1.82, 2.24) is 4.90 Å². The molecule has 0 bridgehead atoms. The van der Waals surface area contributed by atoms with Gasteiger partial charge in [0.15, 0.2) is 6.29 Å². The highest BCUT2D eigenvalue weighted by Gasteiger charge is 2.45. The summed E-state index contributed by atoms with van der Waals surface area (Å²) >= 11 is 1.10. The van der Waals surface area contributed by atoms with Crippen molar-refractivity contribution in [3.63, 3.8) is 0 Å². The van der Waals surface area contributed by atoms with Crippen LogP contribution in [0.5, 0.6) is 0 Å². The molecule has 1 amide bonds. The van der Waals surface area contributed by atoms with E-state index in [9.17, 15) is 14.4 Å². The number of carbonyl (C=O) groups is 3. The van der Waals surface area contributed by atoms with Gasteiger partial charge in [0.1, 0.15) is 0 Å². The van der Waals surface area contributed by atoms with Gasteiger partial charge in [-0.15, -0.1) is 0 Å². The van der Waals surface area contributed by atoms with Gasteiger partial charge in [0.25, 0.3) is 0 Å². The second-order valence-electron chi connectivity index (χ2n) is 8.35. The highest BCUT2D eigenvalue weighted by molar-refractivity contribution is 8.14. The number of aldehydes is 1. The standard InChI is InChI=1S/C30H24NO3PS/c32-22-28(31-27(33)21-29(31)36-30(34)23-13-5-1-6-14-23)35(24-15-7-2-8-16-24,25-17-9-3-10-18-25)26-19-11-4-12-20-26/h1-20,22,29H,21H2. The third kappa shape index (κ3) is 4.26. The maximum atomic E-state index is 13.1. The van der Waals surface area contributed by atoms with Crippen molar-refractivity contribution in [3.8, 4) is 0 Å². The van der Waals surface area contributed by atoms with E-state index in [1.807, 2.05) is 109 Å². The van der Waals surface area contributed by atoms with E-state index in [2.05, 4.69) is 0 Å². The molecule has 1 fully saturated rings. The van der Waals surface area contributed by atoms with Crippen LogP contribution in [0.1, 0.15) is 16.8 Å². The Morgan fingerprint density at radius 2 is 1.14 bits per heavy atom. The minimum atomic E-state index is -2.75. The molecule has 1 heterocycles. The van der Waals surface area contributed by atoms with Crippen molar-refractivity contribution in [1.29, 1.82) is 0 Å². The lowest BCUT2D eigenvalue weighted by Gasteiger charge is -2.43. The van der Waals surface area contributed by atoms with E-state index in [4.69, 9.17) is 0 Å². The first kappa shape index (κ1) is 24.1. The number of thioether (sulfide) groups is 1. The van der Waals surface area contributed by atoms with E-state index in [0.717, 1.165) is 34.0 Å². The molecule has 1 aliphatic heterocycles. The quantitative estimate of drug-likeness (QED) is 0.210. The van der Waals surface area contributed by atoms with Crippen molar-refractivity contribution in [2.24, 2.45) is 0 Å². The average Bonchev–Trinajstić information content (AvgIpc) is 2.94. The normalized spacial score (nSPS) is 15.2. The third-order valence-corrected chi connectivity index (χ3v) is 11.6. The number of β-lactam (4-membered cyclic amide) rings is 1. The number of amides is 1. The molecule has 178 valence electrons. The van der Waals surface area contributed by atoms with Crippen LogP contribution in [0.3, 0.4) is 0 Å². The Kier molecular flexibility index (Phi) is 7.04. The van der Waals surface area contributed by atoms with E-state index in [-0.39, 0.29) is 17.4 Å². The minimum Gasteiger partial charge on any atom is -0.296 e. The van der Waals surface area contributed by atoms with Crippen molar-refractivity contribution in [3.05, 3.63) is 127 Å². The van der Waals surface area contributed by atoms with Crippen LogP contribution in [0.2, 0.25) is 0 Å². The van der Waals surface area contributed by atoms with Crippen molar-refractivity contribution in [2.75, 3.05) is 0 Å². The number of hydrogen-bond donors (Lipinski definition) is 0. The van der Waals surface area contributed by atoms with Crippen LogP contribution >= 0.6 is 18.6 Å². The van der Waals surface area contributed by atoms with Gasteiger partial charge in [-0.05, 0) is 15.9 Å². The van der Waals surface area contributed by atoms with Crippen LogP contribution in [0.4, 0.5) is 0 Å². The lowest BCUT2D eigenvalue weighted by molar-refractivity contribution is -0.136. The van der Waals surface area contributed by atoms with E-state index < -0.39 is 12.3 Å². The molecule has 0 N–H and O–H groups in total. The van der Waals surface area contributed by atoms with Gasteiger partial charge in [-0.25, -0.2) is 0 Å². The molecule has 0 saturated carbocycles. The molecule has 5 rings (SSSR count). The van der Waals surface area contributed by atoms with Gasteiger partial charge >= 0.3 is 0 Å². The highest BCUT2D eigenvalue weighted by atomic mass is 32.2. The molecule has 4 aromatic rings. The molecule has 1 saturated heterocycles. The summed E-state index contributed by atoms with van der Waals surface area (Å²) in [5.74, 6) is -0.150. The number of likely N-dealkylation sites (tertiary alicyclic amines) is 1. The first-order valence-electron chi connectivity index (χ1n) is 11.6. The molecule has 6 heteroatoms. The Morgan fingerprint density at radius 3 is 1.53 bits per heavy atom. The predicted octanol–water partition coefficient (Wildman–Crippen LogP) is 4.44. The first-order chi connectivity index (χ1) is 17.7. The van der Waals surface area contributed by atoms with Gasteiger partial charge in [0, 0.05) is 12.4 Å². The minimum absolute atomic E-state index is 0.119. The Hall–Kier alpha value is -3.66. The lowest BCUT2D eigenvalue weighted by Crippen LogP contribution is -2.56. The number of benzene rings is 4. The fourth-order valence-electron chi connectivity index (χ4n) is 4.62. The summed E-state index contributed by atoms with van der Waals surface area (Å²) in [4.78, 5) is 40.8. The number of rotatable bonds is 7. The van der Waals surface area contributed by atoms with Gasteiger partial charge in [-0.2, -0.15) is 0 Å². The average molecular weight is 510 g/mol. The van der Waals surface area contributed by atoms with Gasteiger partial charge in [-0.1, -0.05) is 133 Å². The van der Waals surface area contributed by atoms with Crippen molar-refractivity contribution in [2.45, 2.75) is 11.8 Å². The van der Waals surface area contributed by atoms with E-state index in [0.29, 0.717) is 11.0 Å². The van der Waals surface area contributed by atoms with Crippen LogP contribution in [-0.4, -0.2) is 33.0 Å². The Labute approximate surface area is 214 Å². The van der Waals surface area contributed by atoms with E-state index in [1.54, 1.807) is 17.0 Å². The van der Waals surface area contributed by atoms with Crippen molar-refractivity contribution >= 4 is 57.3 Å². The first-order valence-corrected chi connectivity index (χ1v) is 14.3. The molecule has 1 aliphatic rings. The van der Waals surface area contributed by atoms with Gasteiger partial charge < -0.3 is 0 Å². The third-order valence-electron chi connectivity index (χ3n) is 6.28. The summed E-state index contributed by atoms with van der Waals surface area (Å²) in [5.41, 5.74) is 0.991. The molecule has 1 unspecified atom stereocenters. The van der Waals surface area contributed by atoms with E-state index >= 15 is 0 Å². The fourth-order valence-corrected chi connectivity index (χ4v) is 10.1. The monoisotopic (exact) mass is 509 g/mol. The fraction of sp³-hybridized carbons (Fsp3) is 0.0667. The number of nitrogens with zero attached hydrogens (tertiary/aromatic N) is 1. The predicted molar refractivity (Wildman–Crippen MR) is 150 cm³/mol. The zero-order valence-electron chi connectivity index (χ0n) is 19.4. The molecule has 0 aromatic heterocycles. The Balaban J connectivity index is 1.75. The zero-order chi connectivity index (χ0) is 25.0. The summed E-state index contributed by atoms with van der Waals surface area (Å²) in [5, 5.41) is 2.36. The molecule has 1 atom stereocenters. The summed E-state index contributed by atoms with van der Waals surface area (Å²) in [6, 6.07) is 38.8. The Bertz CT molecular complexity index is 1340.